The predicted molar refractivity (Wildman–Crippen MR) is 82.6 cm³/mol. The van der Waals surface area contributed by atoms with Gasteiger partial charge in [-0.15, -0.1) is 0 Å². The number of hydrogen-bond donors (Lipinski definition) is 2. The van der Waals surface area contributed by atoms with E-state index >= 15 is 0 Å². The minimum Gasteiger partial charge on any atom is -0.479 e. The van der Waals surface area contributed by atoms with E-state index < -0.39 is 11.6 Å². The van der Waals surface area contributed by atoms with Crippen molar-refractivity contribution in [3.05, 3.63) is 54.4 Å². The number of ether oxygens (including phenoxy) is 1. The lowest BCUT2D eigenvalue weighted by Crippen LogP contribution is -2.56. The van der Waals surface area contributed by atoms with E-state index in [1.165, 1.54) is 0 Å². The summed E-state index contributed by atoms with van der Waals surface area (Å²) in [6, 6.07) is 11.7. The summed E-state index contributed by atoms with van der Waals surface area (Å²) in [6.45, 7) is 1.42. The van der Waals surface area contributed by atoms with Gasteiger partial charge in [0.1, 0.15) is 0 Å². The highest BCUT2D eigenvalue weighted by Gasteiger charge is 2.41. The Morgan fingerprint density at radius 1 is 1.32 bits per heavy atom. The van der Waals surface area contributed by atoms with Crippen LogP contribution in [0.15, 0.2) is 48.8 Å². The van der Waals surface area contributed by atoms with Gasteiger partial charge in [-0.25, -0.2) is 4.79 Å². The summed E-state index contributed by atoms with van der Waals surface area (Å²) in [6.07, 6.45) is 3.86. The number of aromatic nitrogens is 1. The molecule has 0 bridgehead atoms. The van der Waals surface area contributed by atoms with Crippen molar-refractivity contribution in [2.75, 3.05) is 19.7 Å². The fourth-order valence-electron chi connectivity index (χ4n) is 2.71. The topological polar surface area (TPSA) is 71.5 Å². The Morgan fingerprint density at radius 3 is 2.86 bits per heavy atom. The first-order valence-electron chi connectivity index (χ1n) is 7.27. The highest BCUT2D eigenvalue weighted by molar-refractivity contribution is 5.78. The minimum atomic E-state index is -1.19. The molecule has 5 heteroatoms. The molecule has 1 fully saturated rings. The molecule has 3 rings (SSSR count). The molecular weight excluding hydrogens is 280 g/mol. The number of hydrogen-bond acceptors (Lipinski definition) is 4. The van der Waals surface area contributed by atoms with Crippen LogP contribution in [-0.2, 0) is 16.0 Å². The molecule has 0 radical (unpaired) electrons. The van der Waals surface area contributed by atoms with Gasteiger partial charge in [0.05, 0.1) is 6.61 Å². The molecular formula is C17H18N2O3. The van der Waals surface area contributed by atoms with Gasteiger partial charge in [-0.05, 0) is 22.8 Å². The van der Waals surface area contributed by atoms with E-state index in [2.05, 4.69) is 10.3 Å². The lowest BCUT2D eigenvalue weighted by molar-refractivity contribution is -0.169. The minimum absolute atomic E-state index is 0.319. The van der Waals surface area contributed by atoms with Crippen LogP contribution < -0.4 is 5.32 Å². The second kappa shape index (κ2) is 6.25. The summed E-state index contributed by atoms with van der Waals surface area (Å²) in [5.41, 5.74) is 1.78. The summed E-state index contributed by atoms with van der Waals surface area (Å²) < 4.78 is 5.60. The number of carboxylic acids is 1. The number of aliphatic carboxylic acids is 1. The van der Waals surface area contributed by atoms with Crippen LogP contribution >= 0.6 is 0 Å². The Morgan fingerprint density at radius 2 is 2.18 bits per heavy atom. The van der Waals surface area contributed by atoms with Crippen molar-refractivity contribution >= 4 is 5.97 Å². The third-order valence-electron chi connectivity index (χ3n) is 3.87. The maximum Gasteiger partial charge on any atom is 0.337 e. The number of carboxylic acid groups (broad SMARTS) is 1. The van der Waals surface area contributed by atoms with E-state index in [9.17, 15) is 9.90 Å². The van der Waals surface area contributed by atoms with Gasteiger partial charge in [-0.2, -0.15) is 0 Å². The number of nitrogens with zero attached hydrogens (tertiary/aromatic N) is 1. The smallest absolute Gasteiger partial charge is 0.337 e. The fourth-order valence-corrected chi connectivity index (χ4v) is 2.71. The van der Waals surface area contributed by atoms with Crippen LogP contribution in [-0.4, -0.2) is 41.4 Å². The van der Waals surface area contributed by atoms with E-state index in [0.29, 0.717) is 26.1 Å². The van der Waals surface area contributed by atoms with Crippen molar-refractivity contribution in [1.82, 2.24) is 10.3 Å². The summed E-state index contributed by atoms with van der Waals surface area (Å²) in [7, 11) is 0. The van der Waals surface area contributed by atoms with E-state index in [0.717, 1.165) is 16.7 Å². The van der Waals surface area contributed by atoms with Crippen LogP contribution in [0.3, 0.4) is 0 Å². The molecule has 0 aliphatic carbocycles. The fraction of sp³-hybridized carbons (Fsp3) is 0.294. The van der Waals surface area contributed by atoms with Crippen LogP contribution in [0.5, 0.6) is 0 Å². The Labute approximate surface area is 129 Å². The molecule has 22 heavy (non-hydrogen) atoms. The Balaban J connectivity index is 1.87. The number of nitrogens with one attached hydrogen (secondary N) is 1. The second-order valence-corrected chi connectivity index (χ2v) is 5.44. The summed E-state index contributed by atoms with van der Waals surface area (Å²) >= 11 is 0. The number of morpholine rings is 1. The third-order valence-corrected chi connectivity index (χ3v) is 3.87. The molecule has 1 aliphatic heterocycles. The molecule has 1 aromatic heterocycles. The standard InChI is InChI=1S/C17H18N2O3/c20-16(21)17(12-19-7-8-22-17)10-13-3-1-4-14(9-13)15-5-2-6-18-11-15/h1-6,9,11,19H,7-8,10,12H2,(H,20,21)/t17-/m0/s1. The molecule has 2 N–H and O–H groups in total. The van der Waals surface area contributed by atoms with Crippen LogP contribution in [0.4, 0.5) is 0 Å². The molecule has 2 aromatic rings. The SMILES string of the molecule is O=C(O)[C@]1(Cc2cccc(-c3cccnc3)c2)CNCCO1. The van der Waals surface area contributed by atoms with Gasteiger partial charge in [0, 0.05) is 31.9 Å². The summed E-state index contributed by atoms with van der Waals surface area (Å²) in [5, 5.41) is 12.7. The van der Waals surface area contributed by atoms with Crippen molar-refractivity contribution in [3.63, 3.8) is 0 Å². The highest BCUT2D eigenvalue weighted by atomic mass is 16.5. The first-order chi connectivity index (χ1) is 10.7. The summed E-state index contributed by atoms with van der Waals surface area (Å²) in [5.74, 6) is -0.925. The van der Waals surface area contributed by atoms with Gasteiger partial charge in [0.25, 0.3) is 0 Å². The monoisotopic (exact) mass is 298 g/mol. The van der Waals surface area contributed by atoms with Gasteiger partial charge in [0.2, 0.25) is 0 Å². The molecule has 1 aliphatic rings. The average Bonchev–Trinajstić information content (AvgIpc) is 2.57. The zero-order chi connectivity index (χ0) is 15.4. The molecule has 1 aromatic carbocycles. The lowest BCUT2D eigenvalue weighted by atomic mass is 9.91. The van der Waals surface area contributed by atoms with Gasteiger partial charge >= 0.3 is 5.97 Å². The molecule has 1 atom stereocenters. The van der Waals surface area contributed by atoms with Crippen LogP contribution in [0, 0.1) is 0 Å². The van der Waals surface area contributed by atoms with Crippen molar-refractivity contribution in [3.8, 4) is 11.1 Å². The van der Waals surface area contributed by atoms with Crippen LogP contribution in [0.2, 0.25) is 0 Å². The zero-order valence-corrected chi connectivity index (χ0v) is 12.2. The van der Waals surface area contributed by atoms with Crippen LogP contribution in [0.25, 0.3) is 11.1 Å². The van der Waals surface area contributed by atoms with Crippen molar-refractivity contribution in [2.24, 2.45) is 0 Å². The Hall–Kier alpha value is -2.24. The van der Waals surface area contributed by atoms with E-state index in [4.69, 9.17) is 4.74 Å². The first kappa shape index (κ1) is 14.7. The number of benzene rings is 1. The molecule has 1 saturated heterocycles. The molecule has 0 unspecified atom stereocenters. The zero-order valence-electron chi connectivity index (χ0n) is 12.2. The molecule has 0 spiro atoms. The average molecular weight is 298 g/mol. The Kier molecular flexibility index (Phi) is 4.18. The maximum absolute atomic E-state index is 11.7. The molecule has 5 nitrogen and oxygen atoms in total. The van der Waals surface area contributed by atoms with Gasteiger partial charge < -0.3 is 15.2 Å². The third kappa shape index (κ3) is 3.00. The van der Waals surface area contributed by atoms with E-state index in [1.807, 2.05) is 36.4 Å². The maximum atomic E-state index is 11.7. The number of carbonyl (C=O) groups is 1. The number of pyridine rings is 1. The second-order valence-electron chi connectivity index (χ2n) is 5.44. The van der Waals surface area contributed by atoms with Gasteiger partial charge in [0.15, 0.2) is 5.60 Å². The molecule has 114 valence electrons. The van der Waals surface area contributed by atoms with Crippen molar-refractivity contribution in [1.29, 1.82) is 0 Å². The highest BCUT2D eigenvalue weighted by Crippen LogP contribution is 2.24. The van der Waals surface area contributed by atoms with Crippen molar-refractivity contribution in [2.45, 2.75) is 12.0 Å². The normalized spacial score (nSPS) is 21.5. The molecule has 2 heterocycles. The van der Waals surface area contributed by atoms with Gasteiger partial charge in [-0.3, -0.25) is 4.98 Å². The van der Waals surface area contributed by atoms with Crippen LogP contribution in [0.1, 0.15) is 5.56 Å². The lowest BCUT2D eigenvalue weighted by Gasteiger charge is -2.34. The molecule has 0 saturated carbocycles. The largest absolute Gasteiger partial charge is 0.479 e. The molecule has 0 amide bonds. The first-order valence-corrected chi connectivity index (χ1v) is 7.27. The predicted octanol–water partition coefficient (Wildman–Crippen LogP) is 1.73. The van der Waals surface area contributed by atoms with E-state index in [-0.39, 0.29) is 0 Å². The summed E-state index contributed by atoms with van der Waals surface area (Å²) in [4.78, 5) is 15.8. The quantitative estimate of drug-likeness (QED) is 0.899. The van der Waals surface area contributed by atoms with E-state index in [1.54, 1.807) is 12.4 Å². The Bertz CT molecular complexity index is 652. The van der Waals surface area contributed by atoms with Crippen molar-refractivity contribution < 1.29 is 14.6 Å². The van der Waals surface area contributed by atoms with Gasteiger partial charge in [-0.1, -0.05) is 30.3 Å². The number of rotatable bonds is 4.